The van der Waals surface area contributed by atoms with E-state index in [1.54, 1.807) is 0 Å². The van der Waals surface area contributed by atoms with Crippen molar-refractivity contribution in [2.75, 3.05) is 0 Å². The molecule has 0 bridgehead atoms. The largest absolute Gasteiger partial charge is 0.458 e. The van der Waals surface area contributed by atoms with Crippen LogP contribution in [0.5, 0.6) is 11.5 Å². The van der Waals surface area contributed by atoms with Crippen molar-refractivity contribution < 1.29 is 44.5 Å². The number of hydrogen-bond acceptors (Lipinski definition) is 2. The summed E-state index contributed by atoms with van der Waals surface area (Å²) in [5.74, 6) is -2.86. The molecule has 0 fully saturated rings. The van der Waals surface area contributed by atoms with Crippen molar-refractivity contribution in [3.05, 3.63) is 181 Å². The van der Waals surface area contributed by atoms with E-state index in [1.165, 1.54) is 6.92 Å². The molecule has 0 radical (unpaired) electrons. The third-order valence-electron chi connectivity index (χ3n) is 8.78. The maximum absolute atomic E-state index is 9.99. The van der Waals surface area contributed by atoms with Gasteiger partial charge >= 0.3 is 0 Å². The zero-order chi connectivity index (χ0) is 60.3. The summed E-state index contributed by atoms with van der Waals surface area (Å²) in [6.07, 6.45) is 0. The SMILES string of the molecule is [2H]c1c([2H])c([2H])c(-c2c([2H])c([2H])c([2H])c(-c3c([2H])c4c5c(c3[2H])-c3c([2H])c([2H])c([2H])c([2H])c3SB5c3c([2H])c(-c5c([2H])c([2H])c([2H])c(-n6c7c([2H])c([2H])c([2H])c([2H])c7c7c([2H])c([2H])c([2H])c(C)c76)c5[2H])c([2H])c([2H])c3O4)c2[2H])c([2H])c1[2H]. The van der Waals surface area contributed by atoms with Gasteiger partial charge in [0, 0.05) is 21.4 Å². The quantitative estimate of drug-likeness (QED) is 0.168. The van der Waals surface area contributed by atoms with Gasteiger partial charge in [0.25, 0.3) is 5.99 Å². The summed E-state index contributed by atoms with van der Waals surface area (Å²) in [4.78, 5) is -0.289. The predicted molar refractivity (Wildman–Crippen MR) is 225 cm³/mol. The first-order chi connectivity index (χ1) is 38.3. The highest BCUT2D eigenvalue weighted by Crippen LogP contribution is 2.45. The molecular formula is C49H32BNOS. The summed E-state index contributed by atoms with van der Waals surface area (Å²) >= 11 is 0.639. The molecule has 2 nitrogen and oxygen atoms in total. The van der Waals surface area contributed by atoms with Gasteiger partial charge in [-0.05, 0) is 116 Å². The maximum atomic E-state index is 9.99. The first-order valence-corrected chi connectivity index (χ1v) is 16.7. The molecule has 0 atom stereocenters. The highest BCUT2D eigenvalue weighted by molar-refractivity contribution is 8.28. The number of aromatic nitrogens is 1. The van der Waals surface area contributed by atoms with E-state index >= 15 is 0 Å². The van der Waals surface area contributed by atoms with Gasteiger partial charge in [0.2, 0.25) is 0 Å². The topological polar surface area (TPSA) is 14.2 Å². The van der Waals surface area contributed by atoms with Gasteiger partial charge in [0.15, 0.2) is 0 Å². The molecule has 0 unspecified atom stereocenters. The first kappa shape index (κ1) is 13.3. The Labute approximate surface area is 354 Å². The summed E-state index contributed by atoms with van der Waals surface area (Å²) in [7, 11) is 0. The average Bonchev–Trinajstić information content (AvgIpc) is 1.16. The molecule has 9 aromatic rings. The number of fused-ring (bicyclic) bond motifs is 7. The minimum absolute atomic E-state index is 0.0960. The molecule has 3 heterocycles. The normalized spacial score (nSPS) is 20.3. The van der Waals surface area contributed by atoms with E-state index < -0.39 is 248 Å². The highest BCUT2D eigenvalue weighted by Gasteiger charge is 2.39. The fourth-order valence-electron chi connectivity index (χ4n) is 6.50. The van der Waals surface area contributed by atoms with Crippen LogP contribution < -0.4 is 15.7 Å². The molecular weight excluding hydrogens is 661 g/mol. The van der Waals surface area contributed by atoms with E-state index in [4.69, 9.17) is 30.8 Å². The monoisotopic (exact) mass is 722 g/mol. The lowest BCUT2D eigenvalue weighted by Gasteiger charge is -2.33. The molecule has 2 aliphatic rings. The zero-order valence-corrected chi connectivity index (χ0v) is 27.7. The highest BCUT2D eigenvalue weighted by atomic mass is 32.2. The van der Waals surface area contributed by atoms with E-state index in [-0.39, 0.29) is 37.8 Å². The number of hydrogen-bond donors (Lipinski definition) is 0. The Balaban J connectivity index is 1.25. The molecule has 0 aliphatic carbocycles. The molecule has 1 aromatic heterocycles. The standard InChI is InChI=1S/C49H32BNOS/c1-31-12-9-21-41-39-19-5-7-22-44(39)51(49(31)41)38-18-11-17-35(27-38)36-24-25-45-43(29-36)50-48-42(40-20-6-8-23-47(40)53-50)28-37(30-46(48)52-45)34-16-10-15-33(26-34)32-13-3-2-4-14-32/h2-30H,1H3/i2D,3D,4D,5D,6D,7D,8D,9D,10D,11D,12D,13D,14D,15D,16D,17D,18D,19D,20D,21D,22D,23D,24D,25D,26D,27D,28D,29D,30D. The third-order valence-corrected chi connectivity index (χ3v) is 10.0. The fraction of sp³-hybridized carbons (Fsp3) is 0.0204. The van der Waals surface area contributed by atoms with Crippen LogP contribution in [0.15, 0.2) is 180 Å². The lowest BCUT2D eigenvalue weighted by Crippen LogP contribution is -2.46. The van der Waals surface area contributed by atoms with Crippen molar-refractivity contribution in [2.24, 2.45) is 0 Å². The lowest BCUT2D eigenvalue weighted by molar-refractivity contribution is 0.488. The van der Waals surface area contributed by atoms with E-state index in [0.29, 0.717) is 11.6 Å². The second kappa shape index (κ2) is 11.9. The Morgan fingerprint density at radius 1 is 0.528 bits per heavy atom. The molecule has 53 heavy (non-hydrogen) atoms. The molecule has 248 valence electrons. The molecule has 0 saturated heterocycles. The number of nitrogens with zero attached hydrogens (tertiary/aromatic N) is 1. The van der Waals surface area contributed by atoms with Crippen molar-refractivity contribution in [1.82, 2.24) is 4.57 Å². The number of benzene rings is 8. The van der Waals surface area contributed by atoms with Gasteiger partial charge in [0.05, 0.1) is 50.8 Å². The van der Waals surface area contributed by atoms with E-state index in [0.717, 1.165) is 4.57 Å². The Kier molecular flexibility index (Phi) is 2.99. The summed E-state index contributed by atoms with van der Waals surface area (Å²) in [6.45, 7) is 1.34. The number of rotatable bonds is 4. The van der Waals surface area contributed by atoms with Gasteiger partial charge in [-0.1, -0.05) is 127 Å². The smallest absolute Gasteiger partial charge is 0.289 e. The van der Waals surface area contributed by atoms with Crippen LogP contribution >= 0.6 is 11.6 Å². The van der Waals surface area contributed by atoms with Gasteiger partial charge in [-0.3, -0.25) is 0 Å². The van der Waals surface area contributed by atoms with Gasteiger partial charge in [-0.2, -0.15) is 11.6 Å². The predicted octanol–water partition coefficient (Wildman–Crippen LogP) is 12.1. The second-order valence-corrected chi connectivity index (χ2v) is 12.9. The molecule has 0 N–H and O–H groups in total. The van der Waals surface area contributed by atoms with Gasteiger partial charge in [-0.15, -0.1) is 0 Å². The van der Waals surface area contributed by atoms with Crippen molar-refractivity contribution in [1.29, 1.82) is 0 Å². The van der Waals surface area contributed by atoms with Crippen LogP contribution in [0, 0.1) is 6.92 Å². The minimum atomic E-state index is -1.58. The van der Waals surface area contributed by atoms with Crippen LogP contribution in [-0.2, 0) is 0 Å². The van der Waals surface area contributed by atoms with Gasteiger partial charge < -0.3 is 9.30 Å². The van der Waals surface area contributed by atoms with Crippen LogP contribution in [0.2, 0.25) is 0 Å². The Hall–Kier alpha value is -6.23. The van der Waals surface area contributed by atoms with Crippen molar-refractivity contribution in [2.45, 2.75) is 11.8 Å². The Morgan fingerprint density at radius 2 is 1.23 bits per heavy atom. The number of aryl methyl sites for hydroxylation is 1. The lowest BCUT2D eigenvalue weighted by atomic mass is 9.57. The van der Waals surface area contributed by atoms with Crippen molar-refractivity contribution in [3.8, 4) is 61.7 Å². The number of ether oxygens (including phenoxy) is 1. The third kappa shape index (κ3) is 4.83. The summed E-state index contributed by atoms with van der Waals surface area (Å²) in [6, 6.07) is -24.3. The molecule has 11 rings (SSSR count). The van der Waals surface area contributed by atoms with Crippen molar-refractivity contribution >= 4 is 50.3 Å². The first-order valence-electron chi connectivity index (χ1n) is 30.3. The van der Waals surface area contributed by atoms with Crippen LogP contribution in [-0.4, -0.2) is 10.6 Å². The molecule has 2 aliphatic heterocycles. The van der Waals surface area contributed by atoms with E-state index in [2.05, 4.69) is 0 Å². The second-order valence-electron chi connectivity index (χ2n) is 11.8. The number of para-hydroxylation sites is 2. The maximum Gasteiger partial charge on any atom is 0.289 e. The van der Waals surface area contributed by atoms with Crippen LogP contribution in [0.1, 0.15) is 45.3 Å². The Bertz CT molecular complexity index is 4490. The molecule has 0 saturated carbocycles. The molecule has 0 amide bonds. The Morgan fingerprint density at radius 3 is 2.13 bits per heavy atom. The molecule has 8 aromatic carbocycles. The van der Waals surface area contributed by atoms with E-state index in [1.807, 2.05) is 0 Å². The van der Waals surface area contributed by atoms with Gasteiger partial charge in [-0.25, -0.2) is 0 Å². The van der Waals surface area contributed by atoms with Crippen LogP contribution in [0.4, 0.5) is 0 Å². The van der Waals surface area contributed by atoms with Crippen LogP contribution in [0.3, 0.4) is 0 Å². The van der Waals surface area contributed by atoms with Crippen molar-refractivity contribution in [3.63, 3.8) is 0 Å². The summed E-state index contributed by atoms with van der Waals surface area (Å²) < 4.78 is 269. The summed E-state index contributed by atoms with van der Waals surface area (Å²) in [5.41, 5.74) is -7.51. The minimum Gasteiger partial charge on any atom is -0.458 e. The fourth-order valence-corrected chi connectivity index (χ4v) is 7.74. The van der Waals surface area contributed by atoms with Crippen LogP contribution in [0.25, 0.3) is 72.0 Å². The summed E-state index contributed by atoms with van der Waals surface area (Å²) in [5, 5.41) is -0.627. The molecule has 4 heteroatoms. The van der Waals surface area contributed by atoms with E-state index in [9.17, 15) is 13.7 Å². The average molecular weight is 723 g/mol. The zero-order valence-electron chi connectivity index (χ0n) is 55.8. The molecule has 0 spiro atoms. The van der Waals surface area contributed by atoms with Gasteiger partial charge in [0.1, 0.15) is 11.5 Å².